The number of hydrogen-bond acceptors (Lipinski definition) is 2. The van der Waals surface area contributed by atoms with E-state index in [9.17, 15) is 5.11 Å². The molecular formula is C18H27NO. The predicted molar refractivity (Wildman–Crippen MR) is 84.0 cm³/mol. The smallest absolute Gasteiger partial charge is 0.0661 e. The van der Waals surface area contributed by atoms with Crippen LogP contribution in [0, 0.1) is 12.3 Å². The first-order valence-electron chi connectivity index (χ1n) is 8.12. The Balaban J connectivity index is 1.72. The molecule has 0 amide bonds. The van der Waals surface area contributed by atoms with Crippen molar-refractivity contribution in [3.63, 3.8) is 0 Å². The van der Waals surface area contributed by atoms with Gasteiger partial charge in [-0.05, 0) is 62.5 Å². The number of benzene rings is 1. The van der Waals surface area contributed by atoms with Crippen LogP contribution in [0.4, 0.5) is 5.69 Å². The second-order valence-corrected chi connectivity index (χ2v) is 7.09. The van der Waals surface area contributed by atoms with E-state index in [1.54, 1.807) is 0 Å². The van der Waals surface area contributed by atoms with Gasteiger partial charge in [-0.1, -0.05) is 31.0 Å². The maximum absolute atomic E-state index is 9.96. The molecule has 0 atom stereocenters. The topological polar surface area (TPSA) is 32.3 Å². The van der Waals surface area contributed by atoms with Crippen LogP contribution in [-0.4, -0.2) is 17.3 Å². The zero-order valence-corrected chi connectivity index (χ0v) is 12.6. The molecule has 2 nitrogen and oxygen atoms in total. The summed E-state index contributed by atoms with van der Waals surface area (Å²) in [5.41, 5.74) is 2.97. The molecule has 110 valence electrons. The number of para-hydroxylation sites is 1. The summed E-state index contributed by atoms with van der Waals surface area (Å²) in [7, 11) is 0. The van der Waals surface area contributed by atoms with Crippen LogP contribution in [0.3, 0.4) is 0 Å². The summed E-state index contributed by atoms with van der Waals surface area (Å²) in [6.07, 6.45) is 10.4. The van der Waals surface area contributed by atoms with Gasteiger partial charge in [0.05, 0.1) is 12.1 Å². The van der Waals surface area contributed by atoms with Gasteiger partial charge in [0.15, 0.2) is 0 Å². The van der Waals surface area contributed by atoms with E-state index in [4.69, 9.17) is 0 Å². The zero-order chi connectivity index (χ0) is 14.1. The Morgan fingerprint density at radius 2 is 1.65 bits per heavy atom. The molecule has 20 heavy (non-hydrogen) atoms. The number of hydrogen-bond donors (Lipinski definition) is 2. The second-order valence-electron chi connectivity index (χ2n) is 7.09. The lowest BCUT2D eigenvalue weighted by atomic mass is 9.66. The van der Waals surface area contributed by atoms with E-state index in [1.807, 2.05) is 0 Å². The van der Waals surface area contributed by atoms with Gasteiger partial charge < -0.3 is 10.4 Å². The Kier molecular flexibility index (Phi) is 3.76. The van der Waals surface area contributed by atoms with Crippen molar-refractivity contribution in [3.8, 4) is 0 Å². The summed E-state index contributed by atoms with van der Waals surface area (Å²) in [6.45, 7) is 2.38. The number of aliphatic hydroxyl groups is 1. The Bertz CT molecular complexity index is 452. The van der Waals surface area contributed by atoms with Gasteiger partial charge in [-0.3, -0.25) is 0 Å². The van der Waals surface area contributed by atoms with Crippen LogP contribution >= 0.6 is 0 Å². The quantitative estimate of drug-likeness (QED) is 0.862. The number of nitrogens with one attached hydrogen (secondary N) is 1. The van der Waals surface area contributed by atoms with E-state index in [0.717, 1.165) is 12.8 Å². The van der Waals surface area contributed by atoms with Gasteiger partial charge in [0.25, 0.3) is 0 Å². The van der Waals surface area contributed by atoms with Crippen molar-refractivity contribution in [2.45, 2.75) is 63.8 Å². The van der Waals surface area contributed by atoms with E-state index < -0.39 is 0 Å². The summed E-state index contributed by atoms with van der Waals surface area (Å²) in [5.74, 6) is 0. The van der Waals surface area contributed by atoms with Gasteiger partial charge in [0.1, 0.15) is 0 Å². The van der Waals surface area contributed by atoms with Crippen molar-refractivity contribution in [2.24, 2.45) is 5.41 Å². The second kappa shape index (κ2) is 5.40. The highest BCUT2D eigenvalue weighted by molar-refractivity contribution is 5.52. The first kappa shape index (κ1) is 13.9. The van der Waals surface area contributed by atoms with Crippen molar-refractivity contribution >= 4 is 5.69 Å². The van der Waals surface area contributed by atoms with Crippen LogP contribution < -0.4 is 5.32 Å². The van der Waals surface area contributed by atoms with E-state index in [1.165, 1.54) is 49.8 Å². The van der Waals surface area contributed by atoms with Crippen molar-refractivity contribution in [1.29, 1.82) is 0 Å². The monoisotopic (exact) mass is 273 g/mol. The maximum atomic E-state index is 9.96. The molecule has 2 heteroatoms. The molecule has 0 saturated heterocycles. The van der Waals surface area contributed by atoms with Gasteiger partial charge in [-0.15, -0.1) is 0 Å². The standard InChI is InChI=1S/C18H27NO/c1-15-6-2-3-7-16(15)19-18(14-20)12-10-17(11-13-18)8-4-5-9-17/h2-3,6-7,19-20H,4-5,8-14H2,1H3. The lowest BCUT2D eigenvalue weighted by Gasteiger charge is -2.45. The first-order valence-corrected chi connectivity index (χ1v) is 8.12. The van der Waals surface area contributed by atoms with Crippen LogP contribution in [-0.2, 0) is 0 Å². The molecule has 1 aromatic carbocycles. The molecule has 2 aliphatic carbocycles. The third kappa shape index (κ3) is 2.58. The SMILES string of the molecule is Cc1ccccc1NC1(CO)CCC2(CCCC2)CC1. The minimum atomic E-state index is -0.0973. The Hall–Kier alpha value is -1.02. The Morgan fingerprint density at radius 1 is 1.00 bits per heavy atom. The van der Waals surface area contributed by atoms with Gasteiger partial charge in [0.2, 0.25) is 0 Å². The zero-order valence-electron chi connectivity index (χ0n) is 12.6. The van der Waals surface area contributed by atoms with Gasteiger partial charge >= 0.3 is 0 Å². The molecule has 1 spiro atoms. The lowest BCUT2D eigenvalue weighted by Crippen LogP contribution is -2.47. The van der Waals surface area contributed by atoms with E-state index in [-0.39, 0.29) is 12.1 Å². The summed E-state index contributed by atoms with van der Waals surface area (Å²) in [6, 6.07) is 8.41. The third-order valence-corrected chi connectivity index (χ3v) is 5.78. The fourth-order valence-corrected chi connectivity index (χ4v) is 4.21. The number of anilines is 1. The predicted octanol–water partition coefficient (Wildman–Crippen LogP) is 4.27. The van der Waals surface area contributed by atoms with Crippen molar-refractivity contribution < 1.29 is 5.11 Å². The van der Waals surface area contributed by atoms with Crippen molar-refractivity contribution in [2.75, 3.05) is 11.9 Å². The Morgan fingerprint density at radius 3 is 2.25 bits per heavy atom. The molecule has 2 aliphatic rings. The molecule has 0 aromatic heterocycles. The molecule has 2 saturated carbocycles. The highest BCUT2D eigenvalue weighted by atomic mass is 16.3. The molecular weight excluding hydrogens is 246 g/mol. The Labute approximate surface area is 122 Å². The summed E-state index contributed by atoms with van der Waals surface area (Å²) >= 11 is 0. The first-order chi connectivity index (χ1) is 9.67. The molecule has 3 rings (SSSR count). The van der Waals surface area contributed by atoms with Crippen LogP contribution in [0.1, 0.15) is 56.9 Å². The summed E-state index contributed by atoms with van der Waals surface area (Å²) in [5, 5.41) is 13.6. The van der Waals surface area contributed by atoms with Crippen molar-refractivity contribution in [3.05, 3.63) is 29.8 Å². The highest BCUT2D eigenvalue weighted by Gasteiger charge is 2.43. The summed E-state index contributed by atoms with van der Waals surface area (Å²) < 4.78 is 0. The fourth-order valence-electron chi connectivity index (χ4n) is 4.21. The minimum absolute atomic E-state index is 0.0973. The average Bonchev–Trinajstić information content (AvgIpc) is 2.93. The van der Waals surface area contributed by atoms with E-state index in [0.29, 0.717) is 5.41 Å². The number of aryl methyl sites for hydroxylation is 1. The molecule has 1 aromatic rings. The fraction of sp³-hybridized carbons (Fsp3) is 0.667. The molecule has 0 bridgehead atoms. The molecule has 2 fully saturated rings. The number of aliphatic hydroxyl groups excluding tert-OH is 1. The molecule has 0 radical (unpaired) electrons. The maximum Gasteiger partial charge on any atom is 0.0661 e. The normalized spacial score (nSPS) is 23.9. The molecule has 0 heterocycles. The lowest BCUT2D eigenvalue weighted by molar-refractivity contribution is 0.100. The van der Waals surface area contributed by atoms with Crippen molar-refractivity contribution in [1.82, 2.24) is 0 Å². The summed E-state index contributed by atoms with van der Waals surface area (Å²) in [4.78, 5) is 0. The molecule has 0 unspecified atom stereocenters. The van der Waals surface area contributed by atoms with E-state index in [2.05, 4.69) is 36.5 Å². The minimum Gasteiger partial charge on any atom is -0.394 e. The van der Waals surface area contributed by atoms with E-state index >= 15 is 0 Å². The van der Waals surface area contributed by atoms with Crippen LogP contribution in [0.2, 0.25) is 0 Å². The molecule has 0 aliphatic heterocycles. The molecule has 2 N–H and O–H groups in total. The number of rotatable bonds is 3. The third-order valence-electron chi connectivity index (χ3n) is 5.78. The van der Waals surface area contributed by atoms with Gasteiger partial charge in [-0.2, -0.15) is 0 Å². The highest BCUT2D eigenvalue weighted by Crippen LogP contribution is 2.51. The van der Waals surface area contributed by atoms with Crippen LogP contribution in [0.15, 0.2) is 24.3 Å². The largest absolute Gasteiger partial charge is 0.394 e. The average molecular weight is 273 g/mol. The van der Waals surface area contributed by atoms with Crippen LogP contribution in [0.5, 0.6) is 0 Å². The van der Waals surface area contributed by atoms with Gasteiger partial charge in [-0.25, -0.2) is 0 Å². The van der Waals surface area contributed by atoms with Crippen LogP contribution in [0.25, 0.3) is 0 Å². The van der Waals surface area contributed by atoms with Gasteiger partial charge in [0, 0.05) is 5.69 Å².